The first-order valence-corrected chi connectivity index (χ1v) is 6.21. The van der Waals surface area contributed by atoms with Gasteiger partial charge >= 0.3 is 0 Å². The number of pyridine rings is 1. The van der Waals surface area contributed by atoms with Crippen molar-refractivity contribution in [2.24, 2.45) is 0 Å². The molecule has 0 fully saturated rings. The SMILES string of the molecule is Cc1ccccc1CCC(=O)Nc1ncccc1N. The van der Waals surface area contributed by atoms with E-state index < -0.39 is 0 Å². The molecule has 0 aliphatic carbocycles. The number of nitrogen functional groups attached to an aromatic ring is 1. The number of aryl methyl sites for hydroxylation is 2. The number of benzene rings is 1. The van der Waals surface area contributed by atoms with E-state index in [1.54, 1.807) is 18.3 Å². The van der Waals surface area contributed by atoms with Gasteiger partial charge in [-0.15, -0.1) is 0 Å². The molecular weight excluding hydrogens is 238 g/mol. The van der Waals surface area contributed by atoms with E-state index in [9.17, 15) is 4.79 Å². The molecule has 1 aromatic carbocycles. The van der Waals surface area contributed by atoms with Crippen LogP contribution in [0.15, 0.2) is 42.6 Å². The van der Waals surface area contributed by atoms with E-state index in [-0.39, 0.29) is 5.91 Å². The van der Waals surface area contributed by atoms with Gasteiger partial charge in [0.05, 0.1) is 5.69 Å². The van der Waals surface area contributed by atoms with Gasteiger partial charge in [-0.2, -0.15) is 0 Å². The summed E-state index contributed by atoms with van der Waals surface area (Å²) in [6, 6.07) is 11.5. The molecule has 0 saturated carbocycles. The summed E-state index contributed by atoms with van der Waals surface area (Å²) in [6.07, 6.45) is 2.74. The van der Waals surface area contributed by atoms with Crippen LogP contribution in [-0.4, -0.2) is 10.9 Å². The van der Waals surface area contributed by atoms with Crippen molar-refractivity contribution in [1.29, 1.82) is 0 Å². The first-order valence-electron chi connectivity index (χ1n) is 6.21. The second-order valence-electron chi connectivity index (χ2n) is 4.42. The molecule has 98 valence electrons. The molecule has 0 bridgehead atoms. The van der Waals surface area contributed by atoms with Gasteiger partial charge in [-0.05, 0) is 36.6 Å². The van der Waals surface area contributed by atoms with Crippen LogP contribution in [-0.2, 0) is 11.2 Å². The fraction of sp³-hybridized carbons (Fsp3) is 0.200. The smallest absolute Gasteiger partial charge is 0.225 e. The Hall–Kier alpha value is -2.36. The van der Waals surface area contributed by atoms with E-state index in [1.807, 2.05) is 31.2 Å². The predicted octanol–water partition coefficient (Wildman–Crippen LogP) is 2.54. The van der Waals surface area contributed by atoms with Gasteiger partial charge in [0.1, 0.15) is 0 Å². The zero-order valence-electron chi connectivity index (χ0n) is 10.9. The molecule has 4 heteroatoms. The molecule has 0 aliphatic heterocycles. The number of anilines is 2. The molecule has 1 heterocycles. The summed E-state index contributed by atoms with van der Waals surface area (Å²) in [5.41, 5.74) is 8.59. The molecule has 0 saturated heterocycles. The number of nitrogens with one attached hydrogen (secondary N) is 1. The third kappa shape index (κ3) is 3.55. The van der Waals surface area contributed by atoms with Crippen molar-refractivity contribution in [2.45, 2.75) is 19.8 Å². The Morgan fingerprint density at radius 1 is 1.26 bits per heavy atom. The van der Waals surface area contributed by atoms with Gasteiger partial charge in [0.2, 0.25) is 5.91 Å². The van der Waals surface area contributed by atoms with Crippen molar-refractivity contribution in [1.82, 2.24) is 4.98 Å². The summed E-state index contributed by atoms with van der Waals surface area (Å²) in [5, 5.41) is 2.72. The Kier molecular flexibility index (Phi) is 4.13. The Morgan fingerprint density at radius 2 is 2.05 bits per heavy atom. The Balaban J connectivity index is 1.92. The van der Waals surface area contributed by atoms with Crippen molar-refractivity contribution in [3.8, 4) is 0 Å². The van der Waals surface area contributed by atoms with Crippen LogP contribution in [0.5, 0.6) is 0 Å². The van der Waals surface area contributed by atoms with Crippen LogP contribution in [0.1, 0.15) is 17.5 Å². The standard InChI is InChI=1S/C15H17N3O/c1-11-5-2-3-6-12(11)8-9-14(19)18-15-13(16)7-4-10-17-15/h2-7,10H,8-9,16H2,1H3,(H,17,18,19). The number of amides is 1. The van der Waals surface area contributed by atoms with E-state index in [0.29, 0.717) is 24.3 Å². The fourth-order valence-electron chi connectivity index (χ4n) is 1.86. The molecule has 1 aromatic heterocycles. The van der Waals surface area contributed by atoms with Gasteiger partial charge in [-0.1, -0.05) is 24.3 Å². The van der Waals surface area contributed by atoms with Crippen LogP contribution in [0.3, 0.4) is 0 Å². The highest BCUT2D eigenvalue weighted by Gasteiger charge is 2.07. The average Bonchev–Trinajstić information content (AvgIpc) is 2.40. The molecule has 1 amide bonds. The van der Waals surface area contributed by atoms with Crippen LogP contribution < -0.4 is 11.1 Å². The van der Waals surface area contributed by atoms with Crippen LogP contribution in [0.25, 0.3) is 0 Å². The quantitative estimate of drug-likeness (QED) is 0.882. The number of rotatable bonds is 4. The molecule has 0 unspecified atom stereocenters. The lowest BCUT2D eigenvalue weighted by molar-refractivity contribution is -0.116. The lowest BCUT2D eigenvalue weighted by Gasteiger charge is -2.07. The zero-order chi connectivity index (χ0) is 13.7. The molecule has 0 radical (unpaired) electrons. The van der Waals surface area contributed by atoms with Crippen LogP contribution in [0.4, 0.5) is 11.5 Å². The van der Waals surface area contributed by atoms with Crippen LogP contribution in [0.2, 0.25) is 0 Å². The van der Waals surface area contributed by atoms with E-state index >= 15 is 0 Å². The Labute approximate surface area is 112 Å². The minimum Gasteiger partial charge on any atom is -0.396 e. The summed E-state index contributed by atoms with van der Waals surface area (Å²) >= 11 is 0. The zero-order valence-corrected chi connectivity index (χ0v) is 10.9. The molecule has 0 atom stereocenters. The highest BCUT2D eigenvalue weighted by Crippen LogP contribution is 2.14. The topological polar surface area (TPSA) is 68.0 Å². The van der Waals surface area contributed by atoms with Gasteiger partial charge in [0.15, 0.2) is 5.82 Å². The number of nitrogens with zero attached hydrogens (tertiary/aromatic N) is 1. The summed E-state index contributed by atoms with van der Waals surface area (Å²) in [5.74, 6) is 0.353. The molecule has 0 spiro atoms. The number of carbonyl (C=O) groups excluding carboxylic acids is 1. The summed E-state index contributed by atoms with van der Waals surface area (Å²) < 4.78 is 0. The first kappa shape index (κ1) is 13.1. The van der Waals surface area contributed by atoms with Crippen LogP contribution >= 0.6 is 0 Å². The minimum atomic E-state index is -0.0753. The van der Waals surface area contributed by atoms with E-state index in [0.717, 1.165) is 0 Å². The first-order chi connectivity index (χ1) is 9.16. The lowest BCUT2D eigenvalue weighted by Crippen LogP contribution is -2.14. The molecule has 2 aromatic rings. The Morgan fingerprint density at radius 3 is 2.79 bits per heavy atom. The van der Waals surface area contributed by atoms with Gasteiger partial charge in [-0.3, -0.25) is 4.79 Å². The maximum absolute atomic E-state index is 11.8. The maximum Gasteiger partial charge on any atom is 0.225 e. The lowest BCUT2D eigenvalue weighted by atomic mass is 10.0. The van der Waals surface area contributed by atoms with Gasteiger partial charge in [0.25, 0.3) is 0 Å². The molecule has 2 rings (SSSR count). The largest absolute Gasteiger partial charge is 0.396 e. The third-order valence-corrected chi connectivity index (χ3v) is 2.98. The predicted molar refractivity (Wildman–Crippen MR) is 76.8 cm³/mol. The van der Waals surface area contributed by atoms with E-state index in [2.05, 4.69) is 10.3 Å². The monoisotopic (exact) mass is 255 g/mol. The number of carbonyl (C=O) groups is 1. The van der Waals surface area contributed by atoms with Gasteiger partial charge in [-0.25, -0.2) is 4.98 Å². The molecule has 19 heavy (non-hydrogen) atoms. The van der Waals surface area contributed by atoms with Crippen molar-refractivity contribution in [3.05, 3.63) is 53.7 Å². The van der Waals surface area contributed by atoms with Crippen molar-refractivity contribution in [3.63, 3.8) is 0 Å². The number of nitrogens with two attached hydrogens (primary N) is 1. The second kappa shape index (κ2) is 6.00. The van der Waals surface area contributed by atoms with Gasteiger partial charge in [0, 0.05) is 12.6 Å². The average molecular weight is 255 g/mol. The highest BCUT2D eigenvalue weighted by atomic mass is 16.1. The normalized spacial score (nSPS) is 10.2. The summed E-state index contributed by atoms with van der Waals surface area (Å²) in [7, 11) is 0. The van der Waals surface area contributed by atoms with Crippen molar-refractivity contribution >= 4 is 17.4 Å². The molecule has 0 aliphatic rings. The highest BCUT2D eigenvalue weighted by molar-refractivity contribution is 5.92. The number of aromatic nitrogens is 1. The van der Waals surface area contributed by atoms with Crippen molar-refractivity contribution in [2.75, 3.05) is 11.1 Å². The van der Waals surface area contributed by atoms with E-state index in [1.165, 1.54) is 11.1 Å². The minimum absolute atomic E-state index is 0.0753. The number of hydrogen-bond donors (Lipinski definition) is 2. The number of hydrogen-bond acceptors (Lipinski definition) is 3. The second-order valence-corrected chi connectivity index (χ2v) is 4.42. The summed E-state index contributed by atoms with van der Waals surface area (Å²) in [6.45, 7) is 2.05. The summed E-state index contributed by atoms with van der Waals surface area (Å²) in [4.78, 5) is 15.9. The maximum atomic E-state index is 11.8. The third-order valence-electron chi connectivity index (χ3n) is 2.98. The van der Waals surface area contributed by atoms with Crippen LogP contribution in [0, 0.1) is 6.92 Å². The molecular formula is C15H17N3O. The fourth-order valence-corrected chi connectivity index (χ4v) is 1.86. The van der Waals surface area contributed by atoms with Gasteiger partial charge < -0.3 is 11.1 Å². The Bertz CT molecular complexity index is 581. The van der Waals surface area contributed by atoms with Crippen molar-refractivity contribution < 1.29 is 4.79 Å². The molecule has 4 nitrogen and oxygen atoms in total. The van der Waals surface area contributed by atoms with E-state index in [4.69, 9.17) is 5.73 Å². The molecule has 3 N–H and O–H groups in total.